The van der Waals surface area contributed by atoms with E-state index < -0.39 is 21.4 Å². The summed E-state index contributed by atoms with van der Waals surface area (Å²) in [5.41, 5.74) is 1.27. The van der Waals surface area contributed by atoms with Crippen LogP contribution in [0.5, 0.6) is 5.75 Å². The number of ether oxygens (including phenoxy) is 1. The molecule has 0 bridgehead atoms. The molecule has 1 aliphatic rings. The van der Waals surface area contributed by atoms with Crippen molar-refractivity contribution in [1.29, 1.82) is 0 Å². The molecule has 2 aromatic carbocycles. The Morgan fingerprint density at radius 1 is 1.08 bits per heavy atom. The first-order chi connectivity index (χ1) is 11.4. The number of hydrogen-bond acceptors (Lipinski definition) is 4. The molecule has 0 saturated carbocycles. The highest BCUT2D eigenvalue weighted by Crippen LogP contribution is 2.29. The van der Waals surface area contributed by atoms with Crippen molar-refractivity contribution in [1.82, 2.24) is 0 Å². The van der Waals surface area contributed by atoms with Crippen LogP contribution in [0.15, 0.2) is 54.6 Å². The standard InChI is InChI=1S/C17H16FNO4S/c18-24(21,22)15-10-17(20)19(11-15)16-9-5-4-6-13(16)12-23-14-7-2-1-3-8-14/h1-9,15H,10-12H2. The molecule has 1 atom stereocenters. The minimum absolute atomic E-state index is 0.181. The van der Waals surface area contributed by atoms with Crippen molar-refractivity contribution in [3.05, 3.63) is 60.2 Å². The third-order valence-electron chi connectivity index (χ3n) is 3.91. The first kappa shape index (κ1) is 16.4. The van der Waals surface area contributed by atoms with Crippen molar-refractivity contribution in [2.24, 2.45) is 0 Å². The Kier molecular flexibility index (Phi) is 4.53. The molecular weight excluding hydrogens is 333 g/mol. The molecule has 1 saturated heterocycles. The summed E-state index contributed by atoms with van der Waals surface area (Å²) in [4.78, 5) is 13.4. The molecule has 0 aromatic heterocycles. The quantitative estimate of drug-likeness (QED) is 0.779. The Morgan fingerprint density at radius 2 is 1.75 bits per heavy atom. The lowest BCUT2D eigenvalue weighted by molar-refractivity contribution is -0.117. The van der Waals surface area contributed by atoms with Gasteiger partial charge in [-0.1, -0.05) is 36.4 Å². The fourth-order valence-electron chi connectivity index (χ4n) is 2.67. The minimum atomic E-state index is -4.74. The number of hydrogen-bond donors (Lipinski definition) is 0. The van der Waals surface area contributed by atoms with E-state index in [-0.39, 0.29) is 19.6 Å². The molecule has 24 heavy (non-hydrogen) atoms. The van der Waals surface area contributed by atoms with Crippen LogP contribution < -0.4 is 9.64 Å². The lowest BCUT2D eigenvalue weighted by atomic mass is 10.1. The van der Waals surface area contributed by atoms with Crippen LogP contribution in [0.4, 0.5) is 9.57 Å². The van der Waals surface area contributed by atoms with E-state index in [4.69, 9.17) is 4.74 Å². The average Bonchev–Trinajstić information content (AvgIpc) is 2.96. The molecule has 1 amide bonds. The van der Waals surface area contributed by atoms with Crippen LogP contribution in [0, 0.1) is 0 Å². The maximum absolute atomic E-state index is 13.2. The summed E-state index contributed by atoms with van der Waals surface area (Å²) in [6.45, 7) is 0.0387. The third-order valence-corrected chi connectivity index (χ3v) is 5.02. The number of anilines is 1. The number of para-hydroxylation sites is 2. The van der Waals surface area contributed by atoms with E-state index >= 15 is 0 Å². The van der Waals surface area contributed by atoms with Gasteiger partial charge >= 0.3 is 10.2 Å². The fourth-order valence-corrected chi connectivity index (χ4v) is 3.34. The molecule has 1 heterocycles. The van der Waals surface area contributed by atoms with Gasteiger partial charge in [0.25, 0.3) is 0 Å². The van der Waals surface area contributed by atoms with Crippen molar-refractivity contribution >= 4 is 21.8 Å². The van der Waals surface area contributed by atoms with Crippen LogP contribution in [0.25, 0.3) is 0 Å². The van der Waals surface area contributed by atoms with Crippen molar-refractivity contribution in [2.75, 3.05) is 11.4 Å². The summed E-state index contributed by atoms with van der Waals surface area (Å²) in [5, 5.41) is -1.31. The van der Waals surface area contributed by atoms with Crippen LogP contribution in [-0.4, -0.2) is 26.1 Å². The highest BCUT2D eigenvalue weighted by atomic mass is 32.3. The lowest BCUT2D eigenvalue weighted by Gasteiger charge is -2.20. The van der Waals surface area contributed by atoms with E-state index in [1.807, 2.05) is 30.3 Å². The number of carbonyl (C=O) groups is 1. The molecule has 1 aliphatic heterocycles. The number of nitrogens with zero attached hydrogens (tertiary/aromatic N) is 1. The normalized spacial score (nSPS) is 18.0. The average molecular weight is 349 g/mol. The molecular formula is C17H16FNO4S. The number of benzene rings is 2. The van der Waals surface area contributed by atoms with Gasteiger partial charge in [0.15, 0.2) is 0 Å². The molecule has 2 aromatic rings. The smallest absolute Gasteiger partial charge is 0.307 e. The second-order valence-corrected chi connectivity index (χ2v) is 7.15. The predicted octanol–water partition coefficient (Wildman–Crippen LogP) is 2.67. The van der Waals surface area contributed by atoms with Gasteiger partial charge in [-0.25, -0.2) is 0 Å². The molecule has 0 N–H and O–H groups in total. The molecule has 126 valence electrons. The summed E-state index contributed by atoms with van der Waals surface area (Å²) < 4.78 is 41.0. The number of carbonyl (C=O) groups excluding carboxylic acids is 1. The zero-order chi connectivity index (χ0) is 17.2. The van der Waals surface area contributed by atoms with Crippen molar-refractivity contribution in [3.63, 3.8) is 0 Å². The van der Waals surface area contributed by atoms with Gasteiger partial charge in [0.05, 0.1) is 5.69 Å². The van der Waals surface area contributed by atoms with Crippen molar-refractivity contribution in [3.8, 4) is 5.75 Å². The molecule has 1 fully saturated rings. The van der Waals surface area contributed by atoms with Gasteiger partial charge < -0.3 is 9.64 Å². The summed E-state index contributed by atoms with van der Waals surface area (Å²) in [6.07, 6.45) is -0.341. The van der Waals surface area contributed by atoms with Crippen molar-refractivity contribution in [2.45, 2.75) is 18.3 Å². The Hall–Kier alpha value is -2.41. The summed E-state index contributed by atoms with van der Waals surface area (Å²) in [7, 11) is -4.74. The largest absolute Gasteiger partial charge is 0.489 e. The zero-order valence-corrected chi connectivity index (χ0v) is 13.6. The van der Waals surface area contributed by atoms with E-state index in [9.17, 15) is 17.1 Å². The molecule has 7 heteroatoms. The minimum Gasteiger partial charge on any atom is -0.489 e. The molecule has 5 nitrogen and oxygen atoms in total. The summed E-state index contributed by atoms with van der Waals surface area (Å²) in [5.74, 6) is 0.276. The molecule has 3 rings (SSSR count). The van der Waals surface area contributed by atoms with Crippen LogP contribution in [-0.2, 0) is 21.6 Å². The highest BCUT2D eigenvalue weighted by Gasteiger charge is 2.39. The first-order valence-corrected chi connectivity index (χ1v) is 8.89. The SMILES string of the molecule is O=C1CC(S(=O)(=O)F)CN1c1ccccc1COc1ccccc1. The third kappa shape index (κ3) is 3.56. The van der Waals surface area contributed by atoms with Gasteiger partial charge in [0.2, 0.25) is 5.91 Å². The Labute approximate surface area is 139 Å². The van der Waals surface area contributed by atoms with Gasteiger partial charge in [-0.3, -0.25) is 4.79 Å². The van der Waals surface area contributed by atoms with E-state index in [0.717, 1.165) is 5.56 Å². The fraction of sp³-hybridized carbons (Fsp3) is 0.235. The Bertz CT molecular complexity index is 839. The first-order valence-electron chi connectivity index (χ1n) is 7.45. The van der Waals surface area contributed by atoms with Gasteiger partial charge in [-0.05, 0) is 18.2 Å². The second-order valence-electron chi connectivity index (χ2n) is 5.54. The van der Waals surface area contributed by atoms with Gasteiger partial charge in [0.1, 0.15) is 17.6 Å². The lowest BCUT2D eigenvalue weighted by Crippen LogP contribution is -2.28. The van der Waals surface area contributed by atoms with E-state index in [0.29, 0.717) is 11.4 Å². The zero-order valence-electron chi connectivity index (χ0n) is 12.8. The molecule has 0 spiro atoms. The van der Waals surface area contributed by atoms with Gasteiger partial charge in [-0.15, -0.1) is 3.89 Å². The summed E-state index contributed by atoms with van der Waals surface area (Å²) in [6, 6.07) is 16.2. The van der Waals surface area contributed by atoms with Crippen LogP contribution in [0.3, 0.4) is 0 Å². The number of halogens is 1. The second kappa shape index (κ2) is 6.60. The molecule has 1 unspecified atom stereocenters. The molecule has 0 aliphatic carbocycles. The maximum Gasteiger partial charge on any atom is 0.307 e. The summed E-state index contributed by atoms with van der Waals surface area (Å²) >= 11 is 0. The van der Waals surface area contributed by atoms with E-state index in [1.165, 1.54) is 4.90 Å². The monoisotopic (exact) mass is 349 g/mol. The van der Waals surface area contributed by atoms with Gasteiger partial charge in [0, 0.05) is 18.5 Å². The van der Waals surface area contributed by atoms with E-state index in [1.54, 1.807) is 24.3 Å². The maximum atomic E-state index is 13.2. The Morgan fingerprint density at radius 3 is 2.42 bits per heavy atom. The predicted molar refractivity (Wildman–Crippen MR) is 88.0 cm³/mol. The van der Waals surface area contributed by atoms with Crippen LogP contribution in [0.1, 0.15) is 12.0 Å². The topological polar surface area (TPSA) is 63.7 Å². The van der Waals surface area contributed by atoms with Crippen LogP contribution >= 0.6 is 0 Å². The molecule has 0 radical (unpaired) electrons. The van der Waals surface area contributed by atoms with Gasteiger partial charge in [-0.2, -0.15) is 8.42 Å². The highest BCUT2D eigenvalue weighted by molar-refractivity contribution is 7.87. The van der Waals surface area contributed by atoms with Crippen molar-refractivity contribution < 1.29 is 21.8 Å². The Balaban J connectivity index is 1.80. The van der Waals surface area contributed by atoms with Crippen LogP contribution in [0.2, 0.25) is 0 Å². The van der Waals surface area contributed by atoms with E-state index in [2.05, 4.69) is 0 Å². The number of rotatable bonds is 5. The number of amides is 1.